The molecule has 4 heteroatoms. The van der Waals surface area contributed by atoms with Crippen LogP contribution in [0.5, 0.6) is 0 Å². The van der Waals surface area contributed by atoms with Crippen LogP contribution in [0.4, 0.5) is 5.69 Å². The number of hydrogen-bond acceptors (Lipinski definition) is 3. The molecule has 0 saturated heterocycles. The lowest BCUT2D eigenvalue weighted by Gasteiger charge is -2.19. The van der Waals surface area contributed by atoms with Crippen LogP contribution < -0.4 is 10.2 Å². The fourth-order valence-corrected chi connectivity index (χ4v) is 3.25. The summed E-state index contributed by atoms with van der Waals surface area (Å²) >= 11 is 1.60. The number of hydrogen-bond donors (Lipinski definition) is 1. The van der Waals surface area contributed by atoms with Gasteiger partial charge in [0.05, 0.1) is 5.25 Å². The molecule has 1 N–H and O–H groups in total. The van der Waals surface area contributed by atoms with Gasteiger partial charge in [-0.25, -0.2) is 0 Å². The molecule has 1 amide bonds. The highest BCUT2D eigenvalue weighted by molar-refractivity contribution is 8.00. The average Bonchev–Trinajstić information content (AvgIpc) is 2.61. The van der Waals surface area contributed by atoms with E-state index in [4.69, 9.17) is 0 Å². The van der Waals surface area contributed by atoms with Crippen LogP contribution >= 0.6 is 11.8 Å². The number of benzene rings is 2. The van der Waals surface area contributed by atoms with Crippen molar-refractivity contribution in [1.82, 2.24) is 5.32 Å². The first-order valence-electron chi connectivity index (χ1n) is 8.33. The van der Waals surface area contributed by atoms with E-state index in [0.29, 0.717) is 6.54 Å². The summed E-state index contributed by atoms with van der Waals surface area (Å²) in [5.74, 6) is 0.0999. The van der Waals surface area contributed by atoms with Gasteiger partial charge >= 0.3 is 0 Å². The van der Waals surface area contributed by atoms with Crippen molar-refractivity contribution in [2.24, 2.45) is 0 Å². The van der Waals surface area contributed by atoms with E-state index in [2.05, 4.69) is 60.6 Å². The van der Waals surface area contributed by atoms with Crippen LogP contribution in [0.3, 0.4) is 0 Å². The van der Waals surface area contributed by atoms with Gasteiger partial charge in [-0.15, -0.1) is 11.8 Å². The van der Waals surface area contributed by atoms with E-state index >= 15 is 0 Å². The fourth-order valence-electron chi connectivity index (χ4n) is 2.36. The first kappa shape index (κ1) is 18.4. The largest absolute Gasteiger partial charge is 0.375 e. The number of aryl methyl sites for hydroxylation is 1. The minimum Gasteiger partial charge on any atom is -0.375 e. The summed E-state index contributed by atoms with van der Waals surface area (Å²) in [6, 6.07) is 18.6. The highest BCUT2D eigenvalue weighted by Gasteiger charge is 2.13. The van der Waals surface area contributed by atoms with Crippen molar-refractivity contribution in [3.05, 3.63) is 60.2 Å². The van der Waals surface area contributed by atoms with Crippen molar-refractivity contribution in [1.29, 1.82) is 0 Å². The molecule has 0 aliphatic carbocycles. The summed E-state index contributed by atoms with van der Waals surface area (Å²) in [6.45, 7) is 5.64. The molecule has 0 bridgehead atoms. The maximum atomic E-state index is 12.2. The number of thioether (sulfide) groups is 1. The Morgan fingerprint density at radius 3 is 2.46 bits per heavy atom. The summed E-state index contributed by atoms with van der Waals surface area (Å²) in [6.07, 6.45) is 0.930. The maximum Gasteiger partial charge on any atom is 0.233 e. The zero-order chi connectivity index (χ0) is 17.4. The molecule has 0 heterocycles. The second kappa shape index (κ2) is 9.38. The fraction of sp³-hybridized carbons (Fsp3) is 0.350. The first-order valence-corrected chi connectivity index (χ1v) is 9.21. The minimum atomic E-state index is -0.0837. The van der Waals surface area contributed by atoms with Crippen LogP contribution in [0.1, 0.15) is 18.9 Å². The molecule has 2 aromatic carbocycles. The smallest absolute Gasteiger partial charge is 0.233 e. The molecular formula is C20H26N2OS. The average molecular weight is 343 g/mol. The van der Waals surface area contributed by atoms with Crippen LogP contribution in [0.15, 0.2) is 59.5 Å². The molecule has 0 spiro atoms. The zero-order valence-electron chi connectivity index (χ0n) is 14.7. The Labute approximate surface area is 149 Å². The number of carbonyl (C=O) groups excluding carboxylic acids is 1. The number of anilines is 1. The molecule has 3 nitrogen and oxygen atoms in total. The third-order valence-electron chi connectivity index (χ3n) is 3.87. The predicted octanol–water partition coefficient (Wildman–Crippen LogP) is 4.12. The monoisotopic (exact) mass is 342 g/mol. The summed E-state index contributed by atoms with van der Waals surface area (Å²) in [5, 5.41) is 2.95. The maximum absolute atomic E-state index is 12.2. The summed E-state index contributed by atoms with van der Waals surface area (Å²) in [4.78, 5) is 15.5. The van der Waals surface area contributed by atoms with Gasteiger partial charge in [0.2, 0.25) is 5.91 Å². The Balaban J connectivity index is 1.68. The minimum absolute atomic E-state index is 0.0837. The second-order valence-corrected chi connectivity index (χ2v) is 7.39. The molecule has 0 aromatic heterocycles. The van der Waals surface area contributed by atoms with Gasteiger partial charge in [-0.05, 0) is 44.5 Å². The predicted molar refractivity (Wildman–Crippen MR) is 104 cm³/mol. The van der Waals surface area contributed by atoms with Crippen LogP contribution in [0, 0.1) is 6.92 Å². The van der Waals surface area contributed by atoms with Crippen LogP contribution in [0.25, 0.3) is 0 Å². The summed E-state index contributed by atoms with van der Waals surface area (Å²) < 4.78 is 0. The van der Waals surface area contributed by atoms with Crippen molar-refractivity contribution in [3.8, 4) is 0 Å². The van der Waals surface area contributed by atoms with Crippen LogP contribution in [-0.4, -0.2) is 31.3 Å². The van der Waals surface area contributed by atoms with Gasteiger partial charge < -0.3 is 10.2 Å². The summed E-state index contributed by atoms with van der Waals surface area (Å²) in [5.41, 5.74) is 2.44. The Kier molecular flexibility index (Phi) is 7.19. The Morgan fingerprint density at radius 2 is 1.79 bits per heavy atom. The SMILES string of the molecule is Cc1ccc(SC(C)C(=O)NCCCN(C)c2ccccc2)cc1. The number of nitrogens with zero attached hydrogens (tertiary/aromatic N) is 1. The molecule has 0 aliphatic rings. The lowest BCUT2D eigenvalue weighted by molar-refractivity contribution is -0.120. The van der Waals surface area contributed by atoms with Crippen molar-refractivity contribution in [3.63, 3.8) is 0 Å². The number of rotatable bonds is 8. The standard InChI is InChI=1S/C20H26N2OS/c1-16-10-12-19(13-11-16)24-17(2)20(23)21-14-7-15-22(3)18-8-5-4-6-9-18/h4-6,8-13,17H,7,14-15H2,1-3H3,(H,21,23). The van der Waals surface area contributed by atoms with Gasteiger partial charge in [0.25, 0.3) is 0 Å². The highest BCUT2D eigenvalue weighted by atomic mass is 32.2. The molecule has 1 atom stereocenters. The molecule has 0 saturated carbocycles. The van der Waals surface area contributed by atoms with Gasteiger partial charge in [-0.1, -0.05) is 35.9 Å². The topological polar surface area (TPSA) is 32.3 Å². The Hall–Kier alpha value is -1.94. The number of carbonyl (C=O) groups is 1. The lowest BCUT2D eigenvalue weighted by Crippen LogP contribution is -2.33. The van der Waals surface area contributed by atoms with E-state index in [9.17, 15) is 4.79 Å². The molecule has 24 heavy (non-hydrogen) atoms. The molecule has 0 fully saturated rings. The summed E-state index contributed by atoms with van der Waals surface area (Å²) in [7, 11) is 2.08. The lowest BCUT2D eigenvalue weighted by atomic mass is 10.2. The second-order valence-electron chi connectivity index (χ2n) is 5.97. The van der Waals surface area contributed by atoms with Gasteiger partial charge in [0.15, 0.2) is 0 Å². The van der Waals surface area contributed by atoms with E-state index in [1.54, 1.807) is 11.8 Å². The highest BCUT2D eigenvalue weighted by Crippen LogP contribution is 2.23. The number of nitrogens with one attached hydrogen (secondary N) is 1. The first-order chi connectivity index (χ1) is 11.6. The van der Waals surface area contributed by atoms with Crippen molar-refractivity contribution < 1.29 is 4.79 Å². The van der Waals surface area contributed by atoms with E-state index in [0.717, 1.165) is 17.9 Å². The van der Waals surface area contributed by atoms with Crippen molar-refractivity contribution >= 4 is 23.4 Å². The van der Waals surface area contributed by atoms with Gasteiger partial charge in [0, 0.05) is 30.7 Å². The van der Waals surface area contributed by atoms with Gasteiger partial charge in [0.1, 0.15) is 0 Å². The normalized spacial score (nSPS) is 11.8. The molecule has 0 radical (unpaired) electrons. The van der Waals surface area contributed by atoms with Crippen LogP contribution in [0.2, 0.25) is 0 Å². The number of para-hydroxylation sites is 1. The molecule has 0 aliphatic heterocycles. The molecule has 1 unspecified atom stereocenters. The molecule has 128 valence electrons. The van der Waals surface area contributed by atoms with Gasteiger partial charge in [-0.3, -0.25) is 4.79 Å². The molecule has 2 aromatic rings. The van der Waals surface area contributed by atoms with Crippen LogP contribution in [-0.2, 0) is 4.79 Å². The van der Waals surface area contributed by atoms with E-state index in [1.807, 2.05) is 25.1 Å². The molecule has 2 rings (SSSR count). The Bertz CT molecular complexity index is 628. The van der Waals surface area contributed by atoms with Crippen molar-refractivity contribution in [2.75, 3.05) is 25.0 Å². The quantitative estimate of drug-likeness (QED) is 0.578. The Morgan fingerprint density at radius 1 is 1.12 bits per heavy atom. The third-order valence-corrected chi connectivity index (χ3v) is 4.98. The van der Waals surface area contributed by atoms with E-state index < -0.39 is 0 Å². The van der Waals surface area contributed by atoms with E-state index in [1.165, 1.54) is 11.3 Å². The van der Waals surface area contributed by atoms with Crippen molar-refractivity contribution in [2.45, 2.75) is 30.4 Å². The zero-order valence-corrected chi connectivity index (χ0v) is 15.5. The van der Waals surface area contributed by atoms with E-state index in [-0.39, 0.29) is 11.2 Å². The van der Waals surface area contributed by atoms with Gasteiger partial charge in [-0.2, -0.15) is 0 Å². The molecular weight excluding hydrogens is 316 g/mol. The third kappa shape index (κ3) is 5.93. The number of amides is 1.